The molecule has 5 rings (SSSR count). The first-order valence-electron chi connectivity index (χ1n) is 10.4. The van der Waals surface area contributed by atoms with Crippen molar-refractivity contribution in [3.63, 3.8) is 0 Å². The highest BCUT2D eigenvalue weighted by Gasteiger charge is 2.54. The second-order valence-electron chi connectivity index (χ2n) is 8.38. The molecule has 2 N–H and O–H groups in total. The van der Waals surface area contributed by atoms with Crippen LogP contribution in [0, 0.1) is 0 Å². The van der Waals surface area contributed by atoms with Crippen molar-refractivity contribution in [1.82, 2.24) is 9.78 Å². The van der Waals surface area contributed by atoms with E-state index in [2.05, 4.69) is 54.7 Å². The first-order chi connectivity index (χ1) is 14.4. The molecule has 0 unspecified atom stereocenters. The van der Waals surface area contributed by atoms with Gasteiger partial charge in [-0.1, -0.05) is 45.0 Å². The van der Waals surface area contributed by atoms with E-state index >= 15 is 0 Å². The fourth-order valence-electron chi connectivity index (χ4n) is 4.54. The number of aromatic nitrogens is 2. The van der Waals surface area contributed by atoms with E-state index in [4.69, 9.17) is 0 Å². The molecule has 1 spiro atoms. The molecule has 30 heavy (non-hydrogen) atoms. The first kappa shape index (κ1) is 18.6. The quantitative estimate of drug-likeness (QED) is 0.694. The minimum Gasteiger partial charge on any atom is -0.325 e. The summed E-state index contributed by atoms with van der Waals surface area (Å²) in [6.45, 7) is 6.35. The summed E-state index contributed by atoms with van der Waals surface area (Å²) in [4.78, 5) is 26.1. The highest BCUT2D eigenvalue weighted by atomic mass is 16.2. The maximum absolute atomic E-state index is 13.3. The largest absolute Gasteiger partial charge is 0.325 e. The van der Waals surface area contributed by atoms with Crippen LogP contribution >= 0.6 is 0 Å². The van der Waals surface area contributed by atoms with Gasteiger partial charge in [-0.15, -0.1) is 0 Å². The maximum atomic E-state index is 13.3. The Balaban J connectivity index is 1.71. The fraction of sp³-hybridized carbons (Fsp3) is 0.292. The van der Waals surface area contributed by atoms with Crippen LogP contribution < -0.4 is 10.6 Å². The molecule has 0 bridgehead atoms. The SMILES string of the molecule is CCc1ccc(-n2ncc3c2NC(=O)C[C@]32C(=O)Nc3ccc(C(C)C)cc32)cc1. The van der Waals surface area contributed by atoms with Gasteiger partial charge in [-0.3, -0.25) is 9.59 Å². The Morgan fingerprint density at radius 2 is 1.83 bits per heavy atom. The number of carbonyl (C=O) groups is 2. The summed E-state index contributed by atoms with van der Waals surface area (Å²) < 4.78 is 1.71. The molecule has 6 heteroatoms. The van der Waals surface area contributed by atoms with E-state index in [-0.39, 0.29) is 18.2 Å². The van der Waals surface area contributed by atoms with Crippen LogP contribution in [0.15, 0.2) is 48.7 Å². The highest BCUT2D eigenvalue weighted by Crippen LogP contribution is 2.50. The molecule has 1 aromatic heterocycles. The van der Waals surface area contributed by atoms with Gasteiger partial charge in [-0.25, -0.2) is 4.68 Å². The molecule has 152 valence electrons. The molecule has 2 amide bonds. The summed E-state index contributed by atoms with van der Waals surface area (Å²) in [5, 5.41) is 10.5. The Kier molecular flexibility index (Phi) is 4.07. The third kappa shape index (κ3) is 2.53. The van der Waals surface area contributed by atoms with Crippen molar-refractivity contribution in [2.75, 3.05) is 10.6 Å². The van der Waals surface area contributed by atoms with Crippen LogP contribution in [-0.4, -0.2) is 21.6 Å². The van der Waals surface area contributed by atoms with Crippen LogP contribution in [0.5, 0.6) is 0 Å². The van der Waals surface area contributed by atoms with Gasteiger partial charge in [-0.2, -0.15) is 5.10 Å². The van der Waals surface area contributed by atoms with Gasteiger partial charge in [0.05, 0.1) is 11.9 Å². The molecule has 2 aliphatic heterocycles. The van der Waals surface area contributed by atoms with Crippen LogP contribution in [0.2, 0.25) is 0 Å². The molecule has 6 nitrogen and oxygen atoms in total. The van der Waals surface area contributed by atoms with E-state index in [0.717, 1.165) is 34.5 Å². The standard InChI is InChI=1S/C24H24N4O2/c1-4-15-5-8-17(9-6-15)28-22-19(13-25-28)24(12-21(29)27-22)18-11-16(14(2)3)7-10-20(18)26-23(24)30/h5-11,13-14H,4,12H2,1-3H3,(H,26,30)(H,27,29)/t24-/m1/s1. The second kappa shape index (κ2) is 6.55. The van der Waals surface area contributed by atoms with Crippen molar-refractivity contribution in [3.8, 4) is 5.69 Å². The van der Waals surface area contributed by atoms with Gasteiger partial charge in [-0.05, 0) is 47.2 Å². The number of aryl methyl sites for hydroxylation is 1. The second-order valence-corrected chi connectivity index (χ2v) is 8.38. The molecule has 2 aromatic carbocycles. The van der Waals surface area contributed by atoms with Crippen molar-refractivity contribution in [1.29, 1.82) is 0 Å². The minimum atomic E-state index is -1.06. The number of nitrogens with one attached hydrogen (secondary N) is 2. The predicted octanol–water partition coefficient (Wildman–Crippen LogP) is 4.14. The molecule has 0 radical (unpaired) electrons. The van der Waals surface area contributed by atoms with Crippen LogP contribution in [0.3, 0.4) is 0 Å². The number of anilines is 2. The summed E-state index contributed by atoms with van der Waals surface area (Å²) in [7, 11) is 0. The molecule has 0 aliphatic carbocycles. The molecule has 3 heterocycles. The van der Waals surface area contributed by atoms with Gasteiger partial charge < -0.3 is 10.6 Å². The van der Waals surface area contributed by atoms with E-state index in [1.165, 1.54) is 5.56 Å². The number of nitrogens with zero attached hydrogens (tertiary/aromatic N) is 2. The van der Waals surface area contributed by atoms with Crippen LogP contribution in [0.25, 0.3) is 5.69 Å². The lowest BCUT2D eigenvalue weighted by Crippen LogP contribution is -2.43. The van der Waals surface area contributed by atoms with Gasteiger partial charge >= 0.3 is 0 Å². The zero-order chi connectivity index (χ0) is 21.0. The highest BCUT2D eigenvalue weighted by molar-refractivity contribution is 6.14. The monoisotopic (exact) mass is 400 g/mol. The third-order valence-electron chi connectivity index (χ3n) is 6.31. The Labute approximate surface area is 175 Å². The Hall–Kier alpha value is -3.41. The molecular formula is C24H24N4O2. The van der Waals surface area contributed by atoms with Crippen molar-refractivity contribution >= 4 is 23.3 Å². The minimum absolute atomic E-state index is 0.0703. The van der Waals surface area contributed by atoms with Crippen molar-refractivity contribution < 1.29 is 9.59 Å². The average molecular weight is 400 g/mol. The number of amides is 2. The molecule has 0 saturated heterocycles. The van der Waals surface area contributed by atoms with E-state index in [1.807, 2.05) is 24.3 Å². The van der Waals surface area contributed by atoms with Crippen LogP contribution in [0.4, 0.5) is 11.5 Å². The van der Waals surface area contributed by atoms with Gasteiger partial charge in [0.15, 0.2) is 0 Å². The number of rotatable bonds is 3. The van der Waals surface area contributed by atoms with Gasteiger partial charge in [0.1, 0.15) is 11.2 Å². The molecular weight excluding hydrogens is 376 g/mol. The molecule has 0 saturated carbocycles. The Morgan fingerprint density at radius 3 is 2.53 bits per heavy atom. The zero-order valence-corrected chi connectivity index (χ0v) is 17.3. The number of fused-ring (bicyclic) bond motifs is 4. The first-order valence-corrected chi connectivity index (χ1v) is 10.4. The van der Waals surface area contributed by atoms with Crippen molar-refractivity contribution in [2.45, 2.75) is 44.9 Å². The smallest absolute Gasteiger partial charge is 0.240 e. The average Bonchev–Trinajstić information content (AvgIpc) is 3.27. The van der Waals surface area contributed by atoms with Crippen molar-refractivity contribution in [3.05, 3.63) is 70.9 Å². The van der Waals surface area contributed by atoms with E-state index < -0.39 is 5.41 Å². The van der Waals surface area contributed by atoms with Crippen molar-refractivity contribution in [2.24, 2.45) is 0 Å². The number of carbonyl (C=O) groups excluding carboxylic acids is 2. The topological polar surface area (TPSA) is 76.0 Å². The van der Waals surface area contributed by atoms with Crippen LogP contribution in [-0.2, 0) is 21.4 Å². The Morgan fingerprint density at radius 1 is 1.07 bits per heavy atom. The van der Waals surface area contributed by atoms with Gasteiger partial charge in [0.25, 0.3) is 0 Å². The summed E-state index contributed by atoms with van der Waals surface area (Å²) in [6, 6.07) is 14.1. The van der Waals surface area contributed by atoms with Crippen LogP contribution in [0.1, 0.15) is 55.4 Å². The summed E-state index contributed by atoms with van der Waals surface area (Å²) in [5.74, 6) is 0.524. The molecule has 2 aliphatic rings. The lowest BCUT2D eigenvalue weighted by atomic mass is 9.71. The maximum Gasteiger partial charge on any atom is 0.240 e. The number of hydrogen-bond acceptors (Lipinski definition) is 3. The molecule has 0 fully saturated rings. The van der Waals surface area contributed by atoms with E-state index in [1.54, 1.807) is 10.9 Å². The van der Waals surface area contributed by atoms with E-state index in [9.17, 15) is 9.59 Å². The fourth-order valence-corrected chi connectivity index (χ4v) is 4.54. The lowest BCUT2D eigenvalue weighted by Gasteiger charge is -2.32. The predicted molar refractivity (Wildman–Crippen MR) is 116 cm³/mol. The zero-order valence-electron chi connectivity index (χ0n) is 17.3. The normalized spacial score (nSPS) is 19.6. The number of hydrogen-bond donors (Lipinski definition) is 2. The van der Waals surface area contributed by atoms with Gasteiger partial charge in [0.2, 0.25) is 11.8 Å². The lowest BCUT2D eigenvalue weighted by molar-refractivity contribution is -0.125. The number of benzene rings is 2. The molecule has 3 aromatic rings. The summed E-state index contributed by atoms with van der Waals surface area (Å²) in [5.41, 5.74) is 4.52. The van der Waals surface area contributed by atoms with Gasteiger partial charge in [0, 0.05) is 17.7 Å². The third-order valence-corrected chi connectivity index (χ3v) is 6.31. The summed E-state index contributed by atoms with van der Waals surface area (Å²) in [6.07, 6.45) is 2.74. The summed E-state index contributed by atoms with van der Waals surface area (Å²) >= 11 is 0. The molecule has 1 atom stereocenters. The van der Waals surface area contributed by atoms with E-state index in [0.29, 0.717) is 11.7 Å². The Bertz CT molecular complexity index is 1180.